The van der Waals surface area contributed by atoms with E-state index in [0.29, 0.717) is 5.41 Å². The van der Waals surface area contributed by atoms with Gasteiger partial charge in [-0.2, -0.15) is 0 Å². The van der Waals surface area contributed by atoms with E-state index < -0.39 is 0 Å². The third-order valence-corrected chi connectivity index (χ3v) is 8.27. The summed E-state index contributed by atoms with van der Waals surface area (Å²) in [5.74, 6) is 5.70. The van der Waals surface area contributed by atoms with E-state index in [-0.39, 0.29) is 5.60 Å². The highest BCUT2D eigenvalue weighted by molar-refractivity contribution is 5.37. The molecule has 124 valence electrons. The number of fused-ring (bicyclic) bond motifs is 5. The van der Waals surface area contributed by atoms with E-state index in [1.54, 1.807) is 0 Å². The zero-order chi connectivity index (χ0) is 15.8. The number of rotatable bonds is 0. The fourth-order valence-corrected chi connectivity index (χ4v) is 6.99. The van der Waals surface area contributed by atoms with Crippen molar-refractivity contribution in [3.8, 4) is 5.75 Å². The van der Waals surface area contributed by atoms with Gasteiger partial charge in [0.1, 0.15) is 11.4 Å². The molecule has 1 spiro atoms. The highest BCUT2D eigenvalue weighted by Crippen LogP contribution is 2.72. The van der Waals surface area contributed by atoms with Crippen molar-refractivity contribution in [2.24, 2.45) is 35.0 Å². The molecule has 1 aromatic rings. The molecule has 0 radical (unpaired) electrons. The summed E-state index contributed by atoms with van der Waals surface area (Å²) in [5.41, 5.74) is 2.17. The van der Waals surface area contributed by atoms with Crippen LogP contribution in [0.1, 0.15) is 58.4 Å². The lowest BCUT2D eigenvalue weighted by molar-refractivity contribution is -0.0389. The van der Waals surface area contributed by atoms with Gasteiger partial charge >= 0.3 is 0 Å². The first-order valence-corrected chi connectivity index (χ1v) is 9.80. The van der Waals surface area contributed by atoms with Crippen molar-refractivity contribution in [3.63, 3.8) is 0 Å². The summed E-state index contributed by atoms with van der Waals surface area (Å²) in [6.07, 6.45) is 7.96. The van der Waals surface area contributed by atoms with Crippen LogP contribution in [0, 0.1) is 35.0 Å². The minimum atomic E-state index is 0.146. The summed E-state index contributed by atoms with van der Waals surface area (Å²) in [5, 5.41) is 0. The molecule has 1 nitrogen and oxygen atoms in total. The number of hydrogen-bond acceptors (Lipinski definition) is 1. The third kappa shape index (κ3) is 1.86. The maximum Gasteiger partial charge on any atom is 0.123 e. The predicted octanol–water partition coefficient (Wildman–Crippen LogP) is 5.48. The van der Waals surface area contributed by atoms with Crippen molar-refractivity contribution in [2.75, 3.05) is 0 Å². The molecule has 4 aliphatic rings. The van der Waals surface area contributed by atoms with Gasteiger partial charge in [0, 0.05) is 5.92 Å². The van der Waals surface area contributed by atoms with Gasteiger partial charge in [-0.05, 0) is 72.8 Å². The standard InChI is InChI=1S/C22H30O/c1-14-8-9-16-19(14)20-17(21(20,2)3)11-13-22(16)12-10-15-6-4-5-7-18(15)23-22/h4-7,14,16-17,19-20H,8-13H2,1-3H3/t14-,16+,17?,19-,20?,22+/m1/s1. The molecule has 23 heavy (non-hydrogen) atoms. The summed E-state index contributed by atoms with van der Waals surface area (Å²) in [6, 6.07) is 8.77. The molecule has 1 aromatic carbocycles. The molecule has 3 saturated carbocycles. The van der Waals surface area contributed by atoms with E-state index in [9.17, 15) is 0 Å². The van der Waals surface area contributed by atoms with Crippen LogP contribution in [0.15, 0.2) is 24.3 Å². The molecule has 0 bridgehead atoms. The highest BCUT2D eigenvalue weighted by atomic mass is 16.5. The molecule has 0 aromatic heterocycles. The molecule has 6 atom stereocenters. The lowest BCUT2D eigenvalue weighted by Gasteiger charge is -2.45. The topological polar surface area (TPSA) is 9.23 Å². The molecule has 3 aliphatic carbocycles. The van der Waals surface area contributed by atoms with E-state index in [2.05, 4.69) is 45.0 Å². The summed E-state index contributed by atoms with van der Waals surface area (Å²) < 4.78 is 6.84. The van der Waals surface area contributed by atoms with Crippen LogP contribution in [-0.2, 0) is 6.42 Å². The highest BCUT2D eigenvalue weighted by Gasteiger charge is 2.68. The van der Waals surface area contributed by atoms with E-state index >= 15 is 0 Å². The fraction of sp³-hybridized carbons (Fsp3) is 0.727. The third-order valence-electron chi connectivity index (χ3n) is 8.27. The summed E-state index contributed by atoms with van der Waals surface area (Å²) in [7, 11) is 0. The van der Waals surface area contributed by atoms with Crippen molar-refractivity contribution in [3.05, 3.63) is 29.8 Å². The van der Waals surface area contributed by atoms with Crippen molar-refractivity contribution in [2.45, 2.75) is 64.9 Å². The second-order valence-electron chi connectivity index (χ2n) is 9.51. The van der Waals surface area contributed by atoms with Gasteiger partial charge in [-0.1, -0.05) is 45.4 Å². The van der Waals surface area contributed by atoms with Crippen LogP contribution >= 0.6 is 0 Å². The largest absolute Gasteiger partial charge is 0.487 e. The molecule has 1 heteroatoms. The normalized spacial score (nSPS) is 46.3. The van der Waals surface area contributed by atoms with E-state index in [1.165, 1.54) is 49.8 Å². The van der Waals surface area contributed by atoms with Crippen molar-refractivity contribution in [1.29, 1.82) is 0 Å². The van der Waals surface area contributed by atoms with Crippen molar-refractivity contribution in [1.82, 2.24) is 0 Å². The van der Waals surface area contributed by atoms with Gasteiger partial charge in [0.15, 0.2) is 0 Å². The summed E-state index contributed by atoms with van der Waals surface area (Å²) in [4.78, 5) is 0. The Labute approximate surface area is 140 Å². The van der Waals surface area contributed by atoms with Crippen LogP contribution in [0.4, 0.5) is 0 Å². The molecule has 2 unspecified atom stereocenters. The van der Waals surface area contributed by atoms with Crippen LogP contribution in [0.25, 0.3) is 0 Å². The SMILES string of the molecule is C[C@@H]1CC[C@H]2[C@@H]1C1C(CC[C@@]23CCc2ccccc2O3)C1(C)C. The molecule has 0 N–H and O–H groups in total. The molecule has 1 aliphatic heterocycles. The molecule has 0 saturated heterocycles. The Hall–Kier alpha value is -0.980. The van der Waals surface area contributed by atoms with Gasteiger partial charge in [-0.3, -0.25) is 0 Å². The number of benzene rings is 1. The van der Waals surface area contributed by atoms with Crippen LogP contribution < -0.4 is 4.74 Å². The number of aryl methyl sites for hydroxylation is 1. The van der Waals surface area contributed by atoms with Gasteiger partial charge in [0.05, 0.1) is 0 Å². The van der Waals surface area contributed by atoms with Gasteiger partial charge < -0.3 is 4.74 Å². The first-order valence-electron chi connectivity index (χ1n) is 9.80. The Kier molecular flexibility index (Phi) is 2.84. The summed E-state index contributed by atoms with van der Waals surface area (Å²) in [6.45, 7) is 7.57. The molecule has 5 rings (SSSR count). The minimum absolute atomic E-state index is 0.146. The second-order valence-corrected chi connectivity index (χ2v) is 9.51. The maximum absolute atomic E-state index is 6.84. The fourth-order valence-electron chi connectivity index (χ4n) is 6.99. The first-order chi connectivity index (χ1) is 11.0. The second kappa shape index (κ2) is 4.55. The van der Waals surface area contributed by atoms with Gasteiger partial charge in [0.25, 0.3) is 0 Å². The van der Waals surface area contributed by atoms with Gasteiger partial charge in [0.2, 0.25) is 0 Å². The zero-order valence-corrected chi connectivity index (χ0v) is 14.8. The van der Waals surface area contributed by atoms with E-state index in [4.69, 9.17) is 4.74 Å². The first kappa shape index (κ1) is 14.4. The maximum atomic E-state index is 6.84. The average molecular weight is 310 g/mol. The van der Waals surface area contributed by atoms with E-state index in [0.717, 1.165) is 29.6 Å². The van der Waals surface area contributed by atoms with Crippen molar-refractivity contribution < 1.29 is 4.74 Å². The van der Waals surface area contributed by atoms with Crippen LogP contribution in [0.5, 0.6) is 5.75 Å². The Bertz CT molecular complexity index is 633. The number of ether oxygens (including phenoxy) is 1. The van der Waals surface area contributed by atoms with E-state index in [1.807, 2.05) is 0 Å². The Morgan fingerprint density at radius 2 is 1.83 bits per heavy atom. The molecule has 3 fully saturated rings. The van der Waals surface area contributed by atoms with Crippen molar-refractivity contribution >= 4 is 0 Å². The van der Waals surface area contributed by atoms with Crippen LogP contribution in [-0.4, -0.2) is 5.60 Å². The molecule has 1 heterocycles. The van der Waals surface area contributed by atoms with Crippen LogP contribution in [0.2, 0.25) is 0 Å². The smallest absolute Gasteiger partial charge is 0.123 e. The predicted molar refractivity (Wildman–Crippen MR) is 93.5 cm³/mol. The quantitative estimate of drug-likeness (QED) is 0.616. The Balaban J connectivity index is 1.53. The monoisotopic (exact) mass is 310 g/mol. The molecular formula is C22H30O. The molecular weight excluding hydrogens is 280 g/mol. The van der Waals surface area contributed by atoms with Crippen LogP contribution in [0.3, 0.4) is 0 Å². The van der Waals surface area contributed by atoms with Gasteiger partial charge in [-0.15, -0.1) is 0 Å². The Morgan fingerprint density at radius 3 is 2.70 bits per heavy atom. The molecule has 0 amide bonds. The number of hydrogen-bond donors (Lipinski definition) is 0. The summed E-state index contributed by atoms with van der Waals surface area (Å²) >= 11 is 0. The lowest BCUT2D eigenvalue weighted by Crippen LogP contribution is -2.48. The average Bonchev–Trinajstić information content (AvgIpc) is 2.92. The van der Waals surface area contributed by atoms with Gasteiger partial charge in [-0.25, -0.2) is 0 Å². The number of para-hydroxylation sites is 1. The minimum Gasteiger partial charge on any atom is -0.487 e. The zero-order valence-electron chi connectivity index (χ0n) is 14.8. The lowest BCUT2D eigenvalue weighted by atomic mass is 9.70. The Morgan fingerprint density at radius 1 is 1.00 bits per heavy atom.